The summed E-state index contributed by atoms with van der Waals surface area (Å²) in [5, 5.41) is 4.39. The van der Waals surface area contributed by atoms with Crippen molar-refractivity contribution in [3.05, 3.63) is 75.8 Å². The quantitative estimate of drug-likeness (QED) is 0.445. The first-order valence-corrected chi connectivity index (χ1v) is 9.95. The standard InChI is InChI=1S/C21H20N6O3S/c1-3-30-20-22-10-16(11-23-20)27-19(28)8-18(25-21(27)31)15-9-24-26(13-15)12-14-4-6-17(29-2)7-5-14/h4-11,13H,3,12H2,1-2H3,(H,25,31). The highest BCUT2D eigenvalue weighted by Crippen LogP contribution is 2.17. The van der Waals surface area contributed by atoms with E-state index in [1.807, 2.05) is 37.4 Å². The van der Waals surface area contributed by atoms with Crippen molar-refractivity contribution in [1.82, 2.24) is 29.3 Å². The third-order valence-electron chi connectivity index (χ3n) is 4.53. The fraction of sp³-hybridized carbons (Fsp3) is 0.190. The Balaban J connectivity index is 1.58. The van der Waals surface area contributed by atoms with Crippen LogP contribution in [0.25, 0.3) is 16.9 Å². The Morgan fingerprint density at radius 2 is 1.87 bits per heavy atom. The van der Waals surface area contributed by atoms with Crippen molar-refractivity contribution < 1.29 is 9.47 Å². The van der Waals surface area contributed by atoms with E-state index in [9.17, 15) is 4.79 Å². The SMILES string of the molecule is CCOc1ncc(-n2c(=O)cc(-c3cnn(Cc4ccc(OC)cc4)c3)[nH]c2=S)cn1. The van der Waals surface area contributed by atoms with Crippen molar-refractivity contribution in [2.75, 3.05) is 13.7 Å². The van der Waals surface area contributed by atoms with Crippen LogP contribution in [0.5, 0.6) is 11.8 Å². The van der Waals surface area contributed by atoms with Crippen molar-refractivity contribution in [2.24, 2.45) is 0 Å². The first-order chi connectivity index (χ1) is 15.1. The van der Waals surface area contributed by atoms with Crippen molar-refractivity contribution >= 4 is 12.2 Å². The first-order valence-electron chi connectivity index (χ1n) is 9.54. The fourth-order valence-corrected chi connectivity index (χ4v) is 3.34. The number of aromatic amines is 1. The molecule has 0 aliphatic heterocycles. The molecule has 0 saturated heterocycles. The molecule has 1 N–H and O–H groups in total. The molecule has 1 aromatic carbocycles. The Morgan fingerprint density at radius 3 is 2.52 bits per heavy atom. The number of hydrogen-bond acceptors (Lipinski definition) is 7. The number of methoxy groups -OCH3 is 1. The summed E-state index contributed by atoms with van der Waals surface area (Å²) in [5.41, 5.74) is 2.58. The van der Waals surface area contributed by atoms with E-state index in [4.69, 9.17) is 21.7 Å². The van der Waals surface area contributed by atoms with Gasteiger partial charge in [0, 0.05) is 17.8 Å². The number of benzene rings is 1. The van der Waals surface area contributed by atoms with Gasteiger partial charge in [0.1, 0.15) is 5.75 Å². The van der Waals surface area contributed by atoms with Crippen LogP contribution in [-0.4, -0.2) is 43.0 Å². The topological polar surface area (TPSA) is 99.9 Å². The van der Waals surface area contributed by atoms with Gasteiger partial charge in [-0.25, -0.2) is 9.97 Å². The van der Waals surface area contributed by atoms with E-state index >= 15 is 0 Å². The number of nitrogens with zero attached hydrogens (tertiary/aromatic N) is 5. The maximum atomic E-state index is 12.8. The number of nitrogens with one attached hydrogen (secondary N) is 1. The summed E-state index contributed by atoms with van der Waals surface area (Å²) in [4.78, 5) is 24.0. The molecular formula is C21H20N6O3S. The average Bonchev–Trinajstić information content (AvgIpc) is 3.24. The van der Waals surface area contributed by atoms with Gasteiger partial charge in [0.15, 0.2) is 4.77 Å². The van der Waals surface area contributed by atoms with Gasteiger partial charge in [0.25, 0.3) is 5.56 Å². The van der Waals surface area contributed by atoms with Crippen LogP contribution in [0, 0.1) is 4.77 Å². The molecule has 9 nitrogen and oxygen atoms in total. The van der Waals surface area contributed by atoms with E-state index in [0.29, 0.717) is 24.5 Å². The summed E-state index contributed by atoms with van der Waals surface area (Å²) in [5.74, 6) is 0.802. The van der Waals surface area contributed by atoms with Crippen LogP contribution in [0.2, 0.25) is 0 Å². The van der Waals surface area contributed by atoms with E-state index in [2.05, 4.69) is 20.1 Å². The molecule has 4 rings (SSSR count). The zero-order valence-electron chi connectivity index (χ0n) is 17.0. The van der Waals surface area contributed by atoms with Gasteiger partial charge in [0.05, 0.1) is 50.2 Å². The minimum absolute atomic E-state index is 0.234. The van der Waals surface area contributed by atoms with Gasteiger partial charge in [-0.1, -0.05) is 12.1 Å². The number of hydrogen-bond donors (Lipinski definition) is 1. The maximum Gasteiger partial charge on any atom is 0.316 e. The lowest BCUT2D eigenvalue weighted by Gasteiger charge is -2.07. The van der Waals surface area contributed by atoms with E-state index in [1.165, 1.54) is 23.0 Å². The van der Waals surface area contributed by atoms with Gasteiger partial charge < -0.3 is 14.5 Å². The highest BCUT2D eigenvalue weighted by atomic mass is 32.1. The molecule has 0 saturated carbocycles. The number of aromatic nitrogens is 6. The predicted octanol–water partition coefficient (Wildman–Crippen LogP) is 3.00. The summed E-state index contributed by atoms with van der Waals surface area (Å²) in [6, 6.07) is 9.49. The molecule has 0 amide bonds. The van der Waals surface area contributed by atoms with Gasteiger partial charge in [-0.3, -0.25) is 14.0 Å². The van der Waals surface area contributed by atoms with Crippen LogP contribution in [0.3, 0.4) is 0 Å². The minimum Gasteiger partial charge on any atom is -0.497 e. The average molecular weight is 436 g/mol. The van der Waals surface area contributed by atoms with Crippen LogP contribution < -0.4 is 15.0 Å². The van der Waals surface area contributed by atoms with E-state index < -0.39 is 0 Å². The van der Waals surface area contributed by atoms with Gasteiger partial charge >= 0.3 is 6.01 Å². The number of ether oxygens (including phenoxy) is 2. The van der Waals surface area contributed by atoms with E-state index in [-0.39, 0.29) is 16.3 Å². The third-order valence-corrected chi connectivity index (χ3v) is 4.81. The lowest BCUT2D eigenvalue weighted by molar-refractivity contribution is 0.312. The van der Waals surface area contributed by atoms with Crippen molar-refractivity contribution in [1.29, 1.82) is 0 Å². The predicted molar refractivity (Wildman–Crippen MR) is 117 cm³/mol. The number of H-pyrrole nitrogens is 1. The van der Waals surface area contributed by atoms with Crippen LogP contribution in [-0.2, 0) is 6.54 Å². The zero-order chi connectivity index (χ0) is 21.8. The molecule has 0 aliphatic carbocycles. The summed E-state index contributed by atoms with van der Waals surface area (Å²) in [6.45, 7) is 2.89. The monoisotopic (exact) mass is 436 g/mol. The normalized spacial score (nSPS) is 10.8. The lowest BCUT2D eigenvalue weighted by Crippen LogP contribution is -2.20. The van der Waals surface area contributed by atoms with Crippen molar-refractivity contribution in [3.63, 3.8) is 0 Å². The molecule has 0 fully saturated rings. The minimum atomic E-state index is -0.297. The van der Waals surface area contributed by atoms with Crippen LogP contribution in [0.1, 0.15) is 12.5 Å². The third kappa shape index (κ3) is 4.53. The van der Waals surface area contributed by atoms with Gasteiger partial charge in [-0.2, -0.15) is 5.10 Å². The summed E-state index contributed by atoms with van der Waals surface area (Å²) in [6.07, 6.45) is 6.54. The molecule has 0 unspecified atom stereocenters. The molecule has 4 aromatic rings. The summed E-state index contributed by atoms with van der Waals surface area (Å²) >= 11 is 5.41. The Hall–Kier alpha value is -3.79. The summed E-state index contributed by atoms with van der Waals surface area (Å²) < 4.78 is 13.8. The van der Waals surface area contributed by atoms with Gasteiger partial charge in [0.2, 0.25) is 0 Å². The zero-order valence-corrected chi connectivity index (χ0v) is 17.8. The first kappa shape index (κ1) is 20.5. The largest absolute Gasteiger partial charge is 0.497 e. The van der Waals surface area contributed by atoms with Gasteiger partial charge in [-0.05, 0) is 36.8 Å². The van der Waals surface area contributed by atoms with Crippen LogP contribution in [0.4, 0.5) is 0 Å². The molecule has 0 radical (unpaired) electrons. The molecule has 158 valence electrons. The lowest BCUT2D eigenvalue weighted by atomic mass is 10.2. The smallest absolute Gasteiger partial charge is 0.316 e. The molecule has 0 bridgehead atoms. The van der Waals surface area contributed by atoms with Crippen molar-refractivity contribution in [3.8, 4) is 28.7 Å². The molecule has 0 atom stereocenters. The van der Waals surface area contributed by atoms with E-state index in [0.717, 1.165) is 16.9 Å². The molecule has 0 spiro atoms. The highest BCUT2D eigenvalue weighted by molar-refractivity contribution is 7.71. The summed E-state index contributed by atoms with van der Waals surface area (Å²) in [7, 11) is 1.63. The molecule has 31 heavy (non-hydrogen) atoms. The van der Waals surface area contributed by atoms with Crippen LogP contribution >= 0.6 is 12.2 Å². The Labute approximate surface area is 183 Å². The second kappa shape index (κ2) is 8.92. The molecule has 0 aliphatic rings. The highest BCUT2D eigenvalue weighted by Gasteiger charge is 2.10. The van der Waals surface area contributed by atoms with Crippen molar-refractivity contribution in [2.45, 2.75) is 13.5 Å². The Morgan fingerprint density at radius 1 is 1.13 bits per heavy atom. The fourth-order valence-electron chi connectivity index (χ4n) is 3.03. The van der Waals surface area contributed by atoms with Crippen LogP contribution in [0.15, 0.2) is 59.9 Å². The second-order valence-corrected chi connectivity index (χ2v) is 6.98. The molecule has 3 aromatic heterocycles. The second-order valence-electron chi connectivity index (χ2n) is 6.59. The Bertz CT molecular complexity index is 1260. The van der Waals surface area contributed by atoms with Gasteiger partial charge in [-0.15, -0.1) is 0 Å². The van der Waals surface area contributed by atoms with E-state index in [1.54, 1.807) is 18.0 Å². The molecular weight excluding hydrogens is 416 g/mol. The maximum absolute atomic E-state index is 12.8. The Kier molecular flexibility index (Phi) is 5.89. The molecule has 10 heteroatoms. The molecule has 3 heterocycles. The number of rotatable bonds is 7.